The van der Waals surface area contributed by atoms with Crippen LogP contribution < -0.4 is 5.32 Å². The maximum absolute atomic E-state index is 5.28. The van der Waals surface area contributed by atoms with Gasteiger partial charge in [-0.1, -0.05) is 5.16 Å². The first-order chi connectivity index (χ1) is 6.93. The zero-order chi connectivity index (χ0) is 9.38. The van der Waals surface area contributed by atoms with Crippen LogP contribution in [0, 0.1) is 0 Å². The first-order valence-electron chi connectivity index (χ1n) is 5.05. The summed E-state index contributed by atoms with van der Waals surface area (Å²) in [6, 6.07) is 0. The molecule has 2 aliphatic heterocycles. The van der Waals surface area contributed by atoms with Crippen molar-refractivity contribution in [3.63, 3.8) is 0 Å². The monoisotopic (exact) mass is 231 g/mol. The van der Waals surface area contributed by atoms with Crippen LogP contribution in [0.25, 0.3) is 0 Å². The van der Waals surface area contributed by atoms with Crippen molar-refractivity contribution in [2.24, 2.45) is 0 Å². The lowest BCUT2D eigenvalue weighted by molar-refractivity contribution is 0.189. The van der Waals surface area contributed by atoms with Gasteiger partial charge >= 0.3 is 0 Å². The van der Waals surface area contributed by atoms with E-state index in [1.807, 2.05) is 0 Å². The largest absolute Gasteiger partial charge is 0.381 e. The van der Waals surface area contributed by atoms with Crippen LogP contribution >= 0.6 is 12.4 Å². The lowest BCUT2D eigenvalue weighted by Crippen LogP contribution is -2.40. The van der Waals surface area contributed by atoms with Crippen molar-refractivity contribution in [2.45, 2.75) is 18.3 Å². The fourth-order valence-electron chi connectivity index (χ4n) is 1.78. The Balaban J connectivity index is 0.000000853. The van der Waals surface area contributed by atoms with Crippen LogP contribution in [0.15, 0.2) is 4.52 Å². The second-order valence-electron chi connectivity index (χ2n) is 3.91. The summed E-state index contributed by atoms with van der Waals surface area (Å²) in [6.07, 6.45) is 1.00. The first kappa shape index (κ1) is 10.9. The molecule has 0 bridgehead atoms. The van der Waals surface area contributed by atoms with Crippen LogP contribution in [-0.4, -0.2) is 36.4 Å². The highest BCUT2D eigenvalue weighted by atomic mass is 35.5. The summed E-state index contributed by atoms with van der Waals surface area (Å²) in [5.41, 5.74) is 0. The molecule has 0 aliphatic carbocycles. The standard InChI is InChI=1S/C9H13N3O2.ClH/c1-2-13-5-6(1)9-11-8(12-14-9)7-3-10-4-7;/h6-7,10H,1-5H2;1H. The molecule has 0 aromatic carbocycles. The smallest absolute Gasteiger partial charge is 0.232 e. The topological polar surface area (TPSA) is 60.2 Å². The molecule has 1 aromatic rings. The van der Waals surface area contributed by atoms with E-state index in [-0.39, 0.29) is 12.4 Å². The van der Waals surface area contributed by atoms with Crippen molar-refractivity contribution in [1.82, 2.24) is 15.5 Å². The van der Waals surface area contributed by atoms with E-state index < -0.39 is 0 Å². The van der Waals surface area contributed by atoms with E-state index >= 15 is 0 Å². The maximum atomic E-state index is 5.28. The van der Waals surface area contributed by atoms with E-state index in [9.17, 15) is 0 Å². The van der Waals surface area contributed by atoms with Crippen LogP contribution in [0.5, 0.6) is 0 Å². The maximum Gasteiger partial charge on any atom is 0.232 e. The first-order valence-corrected chi connectivity index (χ1v) is 5.05. The summed E-state index contributed by atoms with van der Waals surface area (Å²) in [4.78, 5) is 4.42. The molecule has 1 N–H and O–H groups in total. The lowest BCUT2D eigenvalue weighted by atomic mass is 10.0. The second-order valence-corrected chi connectivity index (χ2v) is 3.91. The van der Waals surface area contributed by atoms with Crippen molar-refractivity contribution in [2.75, 3.05) is 26.3 Å². The van der Waals surface area contributed by atoms with Gasteiger partial charge in [-0.3, -0.25) is 0 Å². The van der Waals surface area contributed by atoms with Gasteiger partial charge in [-0.15, -0.1) is 12.4 Å². The van der Waals surface area contributed by atoms with Gasteiger partial charge in [0.15, 0.2) is 5.82 Å². The van der Waals surface area contributed by atoms with E-state index in [4.69, 9.17) is 9.26 Å². The highest BCUT2D eigenvalue weighted by molar-refractivity contribution is 5.85. The minimum absolute atomic E-state index is 0. The van der Waals surface area contributed by atoms with Gasteiger partial charge < -0.3 is 14.6 Å². The third-order valence-corrected chi connectivity index (χ3v) is 2.88. The molecule has 0 spiro atoms. The second kappa shape index (κ2) is 4.47. The van der Waals surface area contributed by atoms with E-state index in [2.05, 4.69) is 15.5 Å². The van der Waals surface area contributed by atoms with Crippen LogP contribution in [0.4, 0.5) is 0 Å². The van der Waals surface area contributed by atoms with Crippen LogP contribution in [0.3, 0.4) is 0 Å². The highest BCUT2D eigenvalue weighted by Gasteiger charge is 2.28. The van der Waals surface area contributed by atoms with Crippen molar-refractivity contribution in [3.8, 4) is 0 Å². The molecule has 0 radical (unpaired) electrons. The number of halogens is 1. The lowest BCUT2D eigenvalue weighted by Gasteiger charge is -2.23. The Hall–Kier alpha value is -0.650. The number of nitrogens with one attached hydrogen (secondary N) is 1. The van der Waals surface area contributed by atoms with Gasteiger partial charge in [0.1, 0.15) is 0 Å². The fraction of sp³-hybridized carbons (Fsp3) is 0.778. The Morgan fingerprint density at radius 3 is 2.73 bits per heavy atom. The molecule has 3 heterocycles. The molecule has 5 nitrogen and oxygen atoms in total. The predicted octanol–water partition coefficient (Wildman–Crippen LogP) is 0.682. The molecule has 84 valence electrons. The molecular weight excluding hydrogens is 218 g/mol. The Morgan fingerprint density at radius 2 is 2.13 bits per heavy atom. The zero-order valence-electron chi connectivity index (χ0n) is 8.31. The summed E-state index contributed by atoms with van der Waals surface area (Å²) in [6.45, 7) is 3.48. The number of nitrogens with zero attached hydrogens (tertiary/aromatic N) is 2. The molecule has 6 heteroatoms. The minimum Gasteiger partial charge on any atom is -0.381 e. The number of ether oxygens (including phenoxy) is 1. The van der Waals surface area contributed by atoms with E-state index in [1.165, 1.54) is 0 Å². The number of rotatable bonds is 2. The van der Waals surface area contributed by atoms with Gasteiger partial charge in [0.05, 0.1) is 12.5 Å². The van der Waals surface area contributed by atoms with Crippen LogP contribution in [-0.2, 0) is 4.74 Å². The van der Waals surface area contributed by atoms with Gasteiger partial charge in [0.25, 0.3) is 0 Å². The third kappa shape index (κ3) is 2.00. The van der Waals surface area contributed by atoms with E-state index in [0.29, 0.717) is 11.8 Å². The molecular formula is C9H14ClN3O2. The SMILES string of the molecule is C1CC(c2nc(C3CNC3)no2)CO1.Cl. The molecule has 1 unspecified atom stereocenters. The number of hydrogen-bond acceptors (Lipinski definition) is 5. The molecule has 1 atom stereocenters. The summed E-state index contributed by atoms with van der Waals surface area (Å²) < 4.78 is 10.5. The molecule has 2 aliphatic rings. The normalized spacial score (nSPS) is 26.0. The average molecular weight is 232 g/mol. The molecule has 0 saturated carbocycles. The molecule has 3 rings (SSSR count). The Morgan fingerprint density at radius 1 is 1.27 bits per heavy atom. The molecule has 15 heavy (non-hydrogen) atoms. The van der Waals surface area contributed by atoms with Crippen molar-refractivity contribution in [3.05, 3.63) is 11.7 Å². The van der Waals surface area contributed by atoms with Crippen LogP contribution in [0.1, 0.15) is 30.0 Å². The highest BCUT2D eigenvalue weighted by Crippen LogP contribution is 2.25. The van der Waals surface area contributed by atoms with Gasteiger partial charge in [-0.05, 0) is 6.42 Å². The Labute approximate surface area is 94.0 Å². The van der Waals surface area contributed by atoms with Gasteiger partial charge in [-0.25, -0.2) is 0 Å². The van der Waals surface area contributed by atoms with Gasteiger partial charge in [0, 0.05) is 25.6 Å². The fourth-order valence-corrected chi connectivity index (χ4v) is 1.78. The van der Waals surface area contributed by atoms with Crippen molar-refractivity contribution < 1.29 is 9.26 Å². The molecule has 1 aromatic heterocycles. The summed E-state index contributed by atoms with van der Waals surface area (Å²) in [5, 5.41) is 7.19. The molecule has 2 fully saturated rings. The number of hydrogen-bond donors (Lipinski definition) is 1. The summed E-state index contributed by atoms with van der Waals surface area (Å²) >= 11 is 0. The number of aromatic nitrogens is 2. The van der Waals surface area contributed by atoms with E-state index in [0.717, 1.165) is 44.4 Å². The van der Waals surface area contributed by atoms with Crippen molar-refractivity contribution >= 4 is 12.4 Å². The van der Waals surface area contributed by atoms with E-state index in [1.54, 1.807) is 0 Å². The quantitative estimate of drug-likeness (QED) is 0.811. The van der Waals surface area contributed by atoms with Crippen molar-refractivity contribution in [1.29, 1.82) is 0 Å². The van der Waals surface area contributed by atoms with Gasteiger partial charge in [0.2, 0.25) is 5.89 Å². The van der Waals surface area contributed by atoms with Gasteiger partial charge in [-0.2, -0.15) is 4.98 Å². The molecule has 2 saturated heterocycles. The summed E-state index contributed by atoms with van der Waals surface area (Å²) in [5.74, 6) is 2.38. The average Bonchev–Trinajstić information content (AvgIpc) is 2.65. The van der Waals surface area contributed by atoms with Crippen LogP contribution in [0.2, 0.25) is 0 Å². The predicted molar refractivity (Wildman–Crippen MR) is 55.3 cm³/mol. The Bertz CT molecular complexity index is 321. The Kier molecular flexibility index (Phi) is 3.23. The minimum atomic E-state index is 0. The molecule has 0 amide bonds. The zero-order valence-corrected chi connectivity index (χ0v) is 9.13. The third-order valence-electron chi connectivity index (χ3n) is 2.88. The summed E-state index contributed by atoms with van der Waals surface area (Å²) in [7, 11) is 0.